The zero-order valence-electron chi connectivity index (χ0n) is 19.4. The zero-order chi connectivity index (χ0) is 23.1. The lowest BCUT2D eigenvalue weighted by Crippen LogP contribution is -2.53. The lowest BCUT2D eigenvalue weighted by Gasteiger charge is -2.41. The van der Waals surface area contributed by atoms with Crippen LogP contribution >= 0.6 is 0 Å². The van der Waals surface area contributed by atoms with Crippen LogP contribution in [0, 0.1) is 6.92 Å². The van der Waals surface area contributed by atoms with E-state index in [0.29, 0.717) is 39.1 Å². The second-order valence-electron chi connectivity index (χ2n) is 9.08. The molecule has 7 heteroatoms. The molecule has 1 aliphatic rings. The van der Waals surface area contributed by atoms with Crippen molar-refractivity contribution in [3.63, 3.8) is 0 Å². The Morgan fingerprint density at radius 1 is 1.16 bits per heavy atom. The smallest absolute Gasteiger partial charge is 0.410 e. The van der Waals surface area contributed by atoms with Gasteiger partial charge in [-0.05, 0) is 63.4 Å². The summed E-state index contributed by atoms with van der Waals surface area (Å²) in [6.07, 6.45) is 4.11. The van der Waals surface area contributed by atoms with Gasteiger partial charge in [0, 0.05) is 38.4 Å². The summed E-state index contributed by atoms with van der Waals surface area (Å²) in [5, 5.41) is 0. The summed E-state index contributed by atoms with van der Waals surface area (Å²) in [5.41, 5.74) is 1.48. The highest BCUT2D eigenvalue weighted by atomic mass is 16.6. The normalized spacial score (nSPS) is 16.6. The average Bonchev–Trinajstić information content (AvgIpc) is 2.75. The summed E-state index contributed by atoms with van der Waals surface area (Å²) in [4.78, 5) is 33.4. The Morgan fingerprint density at radius 2 is 1.97 bits per heavy atom. The van der Waals surface area contributed by atoms with Crippen LogP contribution in [0.1, 0.15) is 50.8 Å². The van der Waals surface area contributed by atoms with Crippen LogP contribution in [0.25, 0.3) is 0 Å². The number of benzene rings is 1. The molecular weight excluding hydrogens is 406 g/mol. The fourth-order valence-electron chi connectivity index (χ4n) is 3.69. The van der Waals surface area contributed by atoms with Gasteiger partial charge in [0.2, 0.25) is 5.91 Å². The number of aryl methyl sites for hydroxylation is 1. The molecule has 1 atom stereocenters. The van der Waals surface area contributed by atoms with E-state index in [0.717, 1.165) is 16.9 Å². The van der Waals surface area contributed by atoms with E-state index in [2.05, 4.69) is 4.98 Å². The van der Waals surface area contributed by atoms with Crippen LogP contribution in [-0.2, 0) is 9.53 Å². The van der Waals surface area contributed by atoms with Crippen molar-refractivity contribution < 1.29 is 19.1 Å². The van der Waals surface area contributed by atoms with E-state index >= 15 is 0 Å². The molecule has 2 heterocycles. The van der Waals surface area contributed by atoms with E-state index in [-0.39, 0.29) is 18.0 Å². The minimum atomic E-state index is -0.564. The first-order valence-corrected chi connectivity index (χ1v) is 11.1. The summed E-state index contributed by atoms with van der Waals surface area (Å²) >= 11 is 0. The average molecular weight is 440 g/mol. The van der Waals surface area contributed by atoms with Crippen LogP contribution in [0.5, 0.6) is 5.75 Å². The lowest BCUT2D eigenvalue weighted by atomic mass is 10.0. The van der Waals surface area contributed by atoms with Crippen molar-refractivity contribution in [3.8, 4) is 5.75 Å². The molecular formula is C25H33N3O4. The van der Waals surface area contributed by atoms with E-state index in [1.807, 2.05) is 69.0 Å². The molecule has 3 rings (SSSR count). The Bertz CT molecular complexity index is 911. The van der Waals surface area contributed by atoms with Crippen molar-refractivity contribution in [2.75, 3.05) is 26.2 Å². The number of rotatable bonds is 6. The fraction of sp³-hybridized carbons (Fsp3) is 0.480. The first kappa shape index (κ1) is 23.6. The van der Waals surface area contributed by atoms with Crippen LogP contribution in [0.15, 0.2) is 48.8 Å². The predicted molar refractivity (Wildman–Crippen MR) is 122 cm³/mol. The second kappa shape index (κ2) is 10.5. The standard InChI is InChI=1S/C25H33N3O4/c1-19-8-5-10-21(16-19)31-15-7-11-23(29)28-14-13-27(24(30)32-25(2,3)4)18-22(28)20-9-6-12-26-17-20/h5-6,8-10,12,16-17,22H,7,11,13-15,18H2,1-4H3/t22-/m0/s1. The van der Waals surface area contributed by atoms with Gasteiger partial charge >= 0.3 is 6.09 Å². The number of piperazine rings is 1. The van der Waals surface area contributed by atoms with Crippen molar-refractivity contribution >= 4 is 12.0 Å². The molecule has 0 N–H and O–H groups in total. The van der Waals surface area contributed by atoms with Gasteiger partial charge < -0.3 is 19.3 Å². The van der Waals surface area contributed by atoms with Crippen LogP contribution in [0.2, 0.25) is 0 Å². The number of pyridine rings is 1. The highest BCUT2D eigenvalue weighted by Gasteiger charge is 2.35. The van der Waals surface area contributed by atoms with Crippen LogP contribution in [0.3, 0.4) is 0 Å². The highest BCUT2D eigenvalue weighted by Crippen LogP contribution is 2.27. The third-order valence-corrected chi connectivity index (χ3v) is 5.21. The Labute approximate surface area is 190 Å². The SMILES string of the molecule is Cc1cccc(OCCCC(=O)N2CCN(C(=O)OC(C)(C)C)C[C@H]2c2cccnc2)c1. The number of hydrogen-bond acceptors (Lipinski definition) is 5. The number of carbonyl (C=O) groups is 2. The maximum atomic E-state index is 13.1. The Balaban J connectivity index is 1.61. The molecule has 2 aromatic rings. The molecule has 0 bridgehead atoms. The van der Waals surface area contributed by atoms with E-state index in [1.165, 1.54) is 0 Å². The number of carbonyl (C=O) groups excluding carboxylic acids is 2. The van der Waals surface area contributed by atoms with Gasteiger partial charge in [0.1, 0.15) is 11.4 Å². The van der Waals surface area contributed by atoms with Crippen LogP contribution in [-0.4, -0.2) is 58.6 Å². The number of hydrogen-bond donors (Lipinski definition) is 0. The van der Waals surface area contributed by atoms with Gasteiger partial charge in [0.25, 0.3) is 0 Å². The summed E-state index contributed by atoms with van der Waals surface area (Å²) < 4.78 is 11.3. The molecule has 1 aliphatic heterocycles. The number of ether oxygens (including phenoxy) is 2. The molecule has 0 radical (unpaired) electrons. The molecule has 0 unspecified atom stereocenters. The highest BCUT2D eigenvalue weighted by molar-refractivity contribution is 5.77. The van der Waals surface area contributed by atoms with Gasteiger partial charge in [-0.25, -0.2) is 4.79 Å². The molecule has 1 fully saturated rings. The Kier molecular flexibility index (Phi) is 7.72. The molecule has 1 aromatic heterocycles. The molecule has 2 amide bonds. The maximum Gasteiger partial charge on any atom is 0.410 e. The van der Waals surface area contributed by atoms with Crippen LogP contribution in [0.4, 0.5) is 4.79 Å². The molecule has 172 valence electrons. The number of aromatic nitrogens is 1. The Morgan fingerprint density at radius 3 is 2.66 bits per heavy atom. The third kappa shape index (κ3) is 6.70. The molecule has 0 spiro atoms. The summed E-state index contributed by atoms with van der Waals surface area (Å²) in [7, 11) is 0. The first-order valence-electron chi connectivity index (χ1n) is 11.1. The maximum absolute atomic E-state index is 13.1. The molecule has 1 saturated heterocycles. The third-order valence-electron chi connectivity index (χ3n) is 5.21. The van der Waals surface area contributed by atoms with E-state index in [1.54, 1.807) is 17.3 Å². The Hall–Kier alpha value is -3.09. The monoisotopic (exact) mass is 439 g/mol. The number of nitrogens with zero attached hydrogens (tertiary/aromatic N) is 3. The van der Waals surface area contributed by atoms with Gasteiger partial charge in [-0.2, -0.15) is 0 Å². The van der Waals surface area contributed by atoms with Gasteiger partial charge in [-0.3, -0.25) is 9.78 Å². The van der Waals surface area contributed by atoms with E-state index in [9.17, 15) is 9.59 Å². The minimum absolute atomic E-state index is 0.0514. The van der Waals surface area contributed by atoms with Crippen molar-refractivity contribution in [2.24, 2.45) is 0 Å². The van der Waals surface area contributed by atoms with Crippen molar-refractivity contribution in [1.82, 2.24) is 14.8 Å². The van der Waals surface area contributed by atoms with Gasteiger partial charge in [-0.15, -0.1) is 0 Å². The molecule has 32 heavy (non-hydrogen) atoms. The zero-order valence-corrected chi connectivity index (χ0v) is 19.4. The molecule has 0 aliphatic carbocycles. The predicted octanol–water partition coefficient (Wildman–Crippen LogP) is 4.37. The number of amides is 2. The summed E-state index contributed by atoms with van der Waals surface area (Å²) in [6, 6.07) is 11.4. The molecule has 7 nitrogen and oxygen atoms in total. The van der Waals surface area contributed by atoms with E-state index in [4.69, 9.17) is 9.47 Å². The fourth-order valence-corrected chi connectivity index (χ4v) is 3.69. The van der Waals surface area contributed by atoms with Crippen molar-refractivity contribution in [3.05, 3.63) is 59.9 Å². The van der Waals surface area contributed by atoms with E-state index < -0.39 is 5.60 Å². The van der Waals surface area contributed by atoms with Crippen molar-refractivity contribution in [1.29, 1.82) is 0 Å². The summed E-state index contributed by atoms with van der Waals surface area (Å²) in [6.45, 7) is 9.32. The van der Waals surface area contributed by atoms with Gasteiger partial charge in [-0.1, -0.05) is 18.2 Å². The first-order chi connectivity index (χ1) is 15.2. The summed E-state index contributed by atoms with van der Waals surface area (Å²) in [5.74, 6) is 0.868. The topological polar surface area (TPSA) is 72.0 Å². The lowest BCUT2D eigenvalue weighted by molar-refractivity contribution is -0.136. The minimum Gasteiger partial charge on any atom is -0.494 e. The molecule has 1 aromatic carbocycles. The van der Waals surface area contributed by atoms with Gasteiger partial charge in [0.15, 0.2) is 0 Å². The van der Waals surface area contributed by atoms with Crippen LogP contribution < -0.4 is 4.74 Å². The molecule has 0 saturated carbocycles. The quantitative estimate of drug-likeness (QED) is 0.625. The van der Waals surface area contributed by atoms with Crippen molar-refractivity contribution in [2.45, 2.75) is 52.2 Å². The second-order valence-corrected chi connectivity index (χ2v) is 9.08. The van der Waals surface area contributed by atoms with Gasteiger partial charge in [0.05, 0.1) is 12.6 Å². The largest absolute Gasteiger partial charge is 0.494 e.